The molecule has 2 atom stereocenters. The Kier molecular flexibility index (Phi) is 7.78. The lowest BCUT2D eigenvalue weighted by Gasteiger charge is -2.34. The first kappa shape index (κ1) is 27.1. The molecule has 0 radical (unpaired) electrons. The average molecular weight is 574 g/mol. The summed E-state index contributed by atoms with van der Waals surface area (Å²) in [6.45, 7) is 6.83. The van der Waals surface area contributed by atoms with E-state index >= 15 is 0 Å². The first-order valence-corrected chi connectivity index (χ1v) is 13.8. The van der Waals surface area contributed by atoms with Crippen LogP contribution in [0, 0.1) is 5.82 Å². The van der Waals surface area contributed by atoms with E-state index < -0.39 is 0 Å². The Balaban J connectivity index is 1.18. The Morgan fingerprint density at radius 1 is 1.05 bits per heavy atom. The largest absolute Gasteiger partial charge is 0.487 e. The summed E-state index contributed by atoms with van der Waals surface area (Å²) in [6.07, 6.45) is 3.85. The second-order valence-electron chi connectivity index (χ2n) is 10.2. The van der Waals surface area contributed by atoms with Crippen molar-refractivity contribution in [2.75, 3.05) is 18.4 Å². The van der Waals surface area contributed by atoms with Crippen LogP contribution in [0.3, 0.4) is 0 Å². The number of aromatic nitrogens is 5. The summed E-state index contributed by atoms with van der Waals surface area (Å²) in [5, 5.41) is 13.4. The minimum absolute atomic E-state index is 0.194. The molecule has 1 fully saturated rings. The van der Waals surface area contributed by atoms with Gasteiger partial charge in [-0.2, -0.15) is 0 Å². The van der Waals surface area contributed by atoms with Crippen LogP contribution in [0.15, 0.2) is 73.2 Å². The number of halogens is 2. The van der Waals surface area contributed by atoms with Gasteiger partial charge >= 0.3 is 0 Å². The molecule has 3 aromatic carbocycles. The third kappa shape index (κ3) is 6.45. The van der Waals surface area contributed by atoms with Crippen molar-refractivity contribution in [2.45, 2.75) is 39.2 Å². The van der Waals surface area contributed by atoms with Crippen LogP contribution in [0.1, 0.15) is 25.1 Å². The molecule has 1 N–H and O–H groups in total. The van der Waals surface area contributed by atoms with Gasteiger partial charge in [-0.05, 0) is 67.9 Å². The van der Waals surface area contributed by atoms with Crippen molar-refractivity contribution in [3.63, 3.8) is 0 Å². The number of ether oxygens (including phenoxy) is 2. The van der Waals surface area contributed by atoms with Gasteiger partial charge in [0, 0.05) is 30.7 Å². The molecule has 11 heteroatoms. The van der Waals surface area contributed by atoms with Crippen molar-refractivity contribution >= 4 is 34.0 Å². The summed E-state index contributed by atoms with van der Waals surface area (Å²) in [5.41, 5.74) is 3.97. The van der Waals surface area contributed by atoms with Crippen molar-refractivity contribution in [1.29, 1.82) is 0 Å². The Labute approximate surface area is 241 Å². The van der Waals surface area contributed by atoms with E-state index in [1.807, 2.05) is 30.5 Å². The highest BCUT2D eigenvalue weighted by Gasteiger charge is 2.23. The lowest BCUT2D eigenvalue weighted by molar-refractivity contribution is -0.0707. The number of nitrogens with zero attached hydrogens (tertiary/aromatic N) is 6. The predicted molar refractivity (Wildman–Crippen MR) is 155 cm³/mol. The van der Waals surface area contributed by atoms with Crippen LogP contribution < -0.4 is 10.1 Å². The zero-order valence-electron chi connectivity index (χ0n) is 22.7. The van der Waals surface area contributed by atoms with Gasteiger partial charge in [0.15, 0.2) is 0 Å². The van der Waals surface area contributed by atoms with Crippen LogP contribution >= 0.6 is 11.6 Å². The molecule has 1 aliphatic heterocycles. The summed E-state index contributed by atoms with van der Waals surface area (Å²) >= 11 is 6.50. The summed E-state index contributed by atoms with van der Waals surface area (Å²) in [6, 6.07) is 17.5. The molecular weight excluding hydrogens is 545 g/mol. The van der Waals surface area contributed by atoms with Crippen molar-refractivity contribution < 1.29 is 13.9 Å². The van der Waals surface area contributed by atoms with E-state index in [-0.39, 0.29) is 24.6 Å². The van der Waals surface area contributed by atoms with Crippen molar-refractivity contribution in [3.05, 3.63) is 95.3 Å². The first-order chi connectivity index (χ1) is 19.9. The molecule has 2 aromatic heterocycles. The molecule has 210 valence electrons. The molecule has 1 aliphatic rings. The molecule has 41 heavy (non-hydrogen) atoms. The van der Waals surface area contributed by atoms with Gasteiger partial charge in [-0.25, -0.2) is 19.0 Å². The monoisotopic (exact) mass is 573 g/mol. The number of fused-ring (bicyclic) bond motifs is 1. The van der Waals surface area contributed by atoms with E-state index in [4.69, 9.17) is 21.1 Å². The Morgan fingerprint density at radius 3 is 2.71 bits per heavy atom. The standard InChI is InChI=1S/C30H29ClFN7O2/c1-19-13-38(14-20(2)41-19)15-24-16-39(37-36-24)25-7-8-28-26(12-25)30(34-18-33-28)35-23-6-9-29(27(31)11-23)40-17-21-4-3-5-22(32)10-21/h3-12,16,18-20H,13-15,17H2,1-2H3,(H,33,34,35)/t19-,20+. The first-order valence-electron chi connectivity index (χ1n) is 13.4. The van der Waals surface area contributed by atoms with Crippen LogP contribution in [0.5, 0.6) is 5.75 Å². The lowest BCUT2D eigenvalue weighted by atomic mass is 10.2. The number of benzene rings is 3. The number of nitrogens with one attached hydrogen (secondary N) is 1. The molecule has 0 spiro atoms. The molecule has 0 unspecified atom stereocenters. The van der Waals surface area contributed by atoms with Crippen LogP contribution in [-0.2, 0) is 17.9 Å². The molecule has 1 saturated heterocycles. The van der Waals surface area contributed by atoms with Gasteiger partial charge in [0.25, 0.3) is 0 Å². The summed E-state index contributed by atoms with van der Waals surface area (Å²) in [5.74, 6) is 0.816. The van der Waals surface area contributed by atoms with E-state index in [0.29, 0.717) is 23.1 Å². The van der Waals surface area contributed by atoms with E-state index in [0.717, 1.165) is 46.6 Å². The van der Waals surface area contributed by atoms with Gasteiger partial charge in [-0.1, -0.05) is 28.9 Å². The maximum absolute atomic E-state index is 13.5. The molecule has 5 aromatic rings. The van der Waals surface area contributed by atoms with Crippen LogP contribution in [0.2, 0.25) is 5.02 Å². The van der Waals surface area contributed by atoms with Crippen LogP contribution in [0.4, 0.5) is 15.9 Å². The highest BCUT2D eigenvalue weighted by atomic mass is 35.5. The Bertz CT molecular complexity index is 1670. The molecule has 0 saturated carbocycles. The average Bonchev–Trinajstić information content (AvgIpc) is 3.40. The maximum atomic E-state index is 13.5. The minimum atomic E-state index is -0.307. The van der Waals surface area contributed by atoms with Gasteiger partial charge < -0.3 is 14.8 Å². The Morgan fingerprint density at radius 2 is 1.90 bits per heavy atom. The zero-order valence-corrected chi connectivity index (χ0v) is 23.4. The summed E-state index contributed by atoms with van der Waals surface area (Å²) in [7, 11) is 0. The number of rotatable bonds is 8. The fourth-order valence-electron chi connectivity index (χ4n) is 5.05. The Hall–Kier alpha value is -4.12. The van der Waals surface area contributed by atoms with Gasteiger partial charge in [-0.15, -0.1) is 5.10 Å². The maximum Gasteiger partial charge on any atom is 0.141 e. The van der Waals surface area contributed by atoms with E-state index in [1.165, 1.54) is 18.5 Å². The normalized spacial score (nSPS) is 17.6. The molecule has 0 bridgehead atoms. The molecule has 0 amide bonds. The van der Waals surface area contributed by atoms with Crippen molar-refractivity contribution in [3.8, 4) is 11.4 Å². The summed E-state index contributed by atoms with van der Waals surface area (Å²) in [4.78, 5) is 11.2. The number of anilines is 2. The smallest absolute Gasteiger partial charge is 0.141 e. The fourth-order valence-corrected chi connectivity index (χ4v) is 5.28. The predicted octanol–water partition coefficient (Wildman–Crippen LogP) is 5.93. The van der Waals surface area contributed by atoms with E-state index in [1.54, 1.807) is 28.9 Å². The third-order valence-electron chi connectivity index (χ3n) is 6.78. The number of morpholine rings is 1. The highest BCUT2D eigenvalue weighted by Crippen LogP contribution is 2.31. The lowest BCUT2D eigenvalue weighted by Crippen LogP contribution is -2.44. The third-order valence-corrected chi connectivity index (χ3v) is 7.08. The van der Waals surface area contributed by atoms with Crippen LogP contribution in [-0.4, -0.2) is 55.2 Å². The SMILES string of the molecule is C[C@@H]1CN(Cc2cn(-c3ccc4ncnc(Nc5ccc(OCc6cccc(F)c6)c(Cl)c5)c4c3)nn2)C[C@H](C)O1. The minimum Gasteiger partial charge on any atom is -0.487 e. The van der Waals surface area contributed by atoms with Crippen LogP contribution in [0.25, 0.3) is 16.6 Å². The molecule has 3 heterocycles. The molecule has 9 nitrogen and oxygen atoms in total. The van der Waals surface area contributed by atoms with Crippen molar-refractivity contribution in [1.82, 2.24) is 29.9 Å². The molecular formula is C30H29ClFN7O2. The van der Waals surface area contributed by atoms with E-state index in [2.05, 4.69) is 44.3 Å². The number of hydrogen-bond acceptors (Lipinski definition) is 8. The van der Waals surface area contributed by atoms with E-state index in [9.17, 15) is 4.39 Å². The van der Waals surface area contributed by atoms with Crippen molar-refractivity contribution in [2.24, 2.45) is 0 Å². The second kappa shape index (κ2) is 11.8. The van der Waals surface area contributed by atoms with Gasteiger partial charge in [-0.3, -0.25) is 4.90 Å². The van der Waals surface area contributed by atoms with Gasteiger partial charge in [0.05, 0.1) is 40.3 Å². The quantitative estimate of drug-likeness (QED) is 0.244. The zero-order chi connectivity index (χ0) is 28.3. The van der Waals surface area contributed by atoms with Gasteiger partial charge in [0.2, 0.25) is 0 Å². The second-order valence-corrected chi connectivity index (χ2v) is 10.6. The fraction of sp³-hybridized carbons (Fsp3) is 0.267. The highest BCUT2D eigenvalue weighted by molar-refractivity contribution is 6.32. The topological polar surface area (TPSA) is 90.2 Å². The van der Waals surface area contributed by atoms with Gasteiger partial charge in [0.1, 0.15) is 30.3 Å². The molecule has 0 aliphatic carbocycles. The summed E-state index contributed by atoms with van der Waals surface area (Å²) < 4.78 is 26.9. The molecule has 6 rings (SSSR count). The number of hydrogen-bond donors (Lipinski definition) is 1.